The number of carbonyl (C=O) groups is 2. The minimum Gasteiger partial charge on any atom is -0.399 e. The van der Waals surface area contributed by atoms with Crippen LogP contribution in [0, 0.1) is 6.92 Å². The first-order valence-corrected chi connectivity index (χ1v) is 4.85. The van der Waals surface area contributed by atoms with Gasteiger partial charge in [0.1, 0.15) is 0 Å². The maximum atomic E-state index is 11.3. The quantitative estimate of drug-likeness (QED) is 0.587. The van der Waals surface area contributed by atoms with Gasteiger partial charge < -0.3 is 10.6 Å². The number of nitrogen functional groups attached to an aromatic ring is 1. The summed E-state index contributed by atoms with van der Waals surface area (Å²) in [7, 11) is 1.62. The van der Waals surface area contributed by atoms with Gasteiger partial charge in [-0.1, -0.05) is 6.07 Å². The molecule has 0 bridgehead atoms. The predicted octanol–water partition coefficient (Wildman–Crippen LogP) is 0.875. The third-order valence-corrected chi connectivity index (χ3v) is 2.30. The molecular formula is C11H15N3O2. The highest BCUT2D eigenvalue weighted by Gasteiger charge is 2.09. The van der Waals surface area contributed by atoms with Crippen molar-refractivity contribution in [2.75, 3.05) is 12.8 Å². The third kappa shape index (κ3) is 2.98. The molecule has 0 spiro atoms. The number of nitrogens with one attached hydrogen (secondary N) is 1. The second-order valence-electron chi connectivity index (χ2n) is 3.61. The Hall–Kier alpha value is -2.04. The number of hydrogen-bond acceptors (Lipinski definition) is 3. The number of nitrogens with zero attached hydrogens (tertiary/aromatic N) is 1. The Balaban J connectivity index is 2.72. The number of amides is 3. The number of benzene rings is 1. The predicted molar refractivity (Wildman–Crippen MR) is 61.7 cm³/mol. The van der Waals surface area contributed by atoms with Gasteiger partial charge in [-0.05, 0) is 30.2 Å². The van der Waals surface area contributed by atoms with Crippen LogP contribution >= 0.6 is 0 Å². The lowest BCUT2D eigenvalue weighted by atomic mass is 10.1. The Morgan fingerprint density at radius 3 is 2.81 bits per heavy atom. The van der Waals surface area contributed by atoms with E-state index in [1.165, 1.54) is 4.90 Å². The standard InChI is InChI=1S/C11H15N3O2/c1-8-5-10(12)4-3-9(8)6-14(2)11(16)13-7-15/h3-5,7H,6,12H2,1-2H3,(H,13,15,16). The van der Waals surface area contributed by atoms with Gasteiger partial charge in [-0.15, -0.1) is 0 Å². The Labute approximate surface area is 94.2 Å². The van der Waals surface area contributed by atoms with E-state index in [4.69, 9.17) is 5.73 Å². The summed E-state index contributed by atoms with van der Waals surface area (Å²) in [6.45, 7) is 2.36. The fourth-order valence-corrected chi connectivity index (χ4v) is 1.38. The molecule has 1 aromatic carbocycles. The van der Waals surface area contributed by atoms with Gasteiger partial charge in [0.25, 0.3) is 0 Å². The van der Waals surface area contributed by atoms with Crippen molar-refractivity contribution in [2.24, 2.45) is 0 Å². The lowest BCUT2D eigenvalue weighted by Crippen LogP contribution is -2.36. The van der Waals surface area contributed by atoms with Gasteiger partial charge in [0, 0.05) is 19.3 Å². The Kier molecular flexibility index (Phi) is 3.88. The second kappa shape index (κ2) is 5.16. The molecule has 0 saturated heterocycles. The number of urea groups is 1. The van der Waals surface area contributed by atoms with Gasteiger partial charge >= 0.3 is 6.03 Å². The molecule has 0 fully saturated rings. The van der Waals surface area contributed by atoms with Gasteiger partial charge in [-0.3, -0.25) is 10.1 Å². The number of aryl methyl sites for hydroxylation is 1. The zero-order chi connectivity index (χ0) is 12.1. The first kappa shape index (κ1) is 12.0. The minimum atomic E-state index is -0.425. The van der Waals surface area contributed by atoms with Crippen molar-refractivity contribution < 1.29 is 9.59 Å². The molecule has 0 aliphatic carbocycles. The molecule has 0 radical (unpaired) electrons. The smallest absolute Gasteiger partial charge is 0.323 e. The van der Waals surface area contributed by atoms with Crippen LogP contribution in [-0.4, -0.2) is 24.4 Å². The molecule has 1 rings (SSSR count). The first-order chi connectivity index (χ1) is 7.54. The molecule has 3 amide bonds. The van der Waals surface area contributed by atoms with E-state index in [1.807, 2.05) is 19.1 Å². The van der Waals surface area contributed by atoms with Crippen LogP contribution in [0.3, 0.4) is 0 Å². The Bertz CT molecular complexity index is 404. The van der Waals surface area contributed by atoms with Crippen LogP contribution in [0.15, 0.2) is 18.2 Å². The SMILES string of the molecule is Cc1cc(N)ccc1CN(C)C(=O)NC=O. The molecule has 1 aromatic rings. The average Bonchev–Trinajstić information content (AvgIpc) is 2.22. The molecule has 0 unspecified atom stereocenters. The lowest BCUT2D eigenvalue weighted by molar-refractivity contribution is -0.108. The molecule has 5 heteroatoms. The van der Waals surface area contributed by atoms with Crippen LogP contribution in [0.2, 0.25) is 0 Å². The molecule has 0 aromatic heterocycles. The highest BCUT2D eigenvalue weighted by molar-refractivity contribution is 5.84. The maximum Gasteiger partial charge on any atom is 0.323 e. The molecule has 3 N–H and O–H groups in total. The van der Waals surface area contributed by atoms with Crippen molar-refractivity contribution in [2.45, 2.75) is 13.5 Å². The van der Waals surface area contributed by atoms with E-state index >= 15 is 0 Å². The van der Waals surface area contributed by atoms with E-state index < -0.39 is 6.03 Å². The van der Waals surface area contributed by atoms with Gasteiger partial charge in [-0.2, -0.15) is 0 Å². The molecule has 16 heavy (non-hydrogen) atoms. The molecule has 5 nitrogen and oxygen atoms in total. The lowest BCUT2D eigenvalue weighted by Gasteiger charge is -2.17. The Morgan fingerprint density at radius 1 is 1.56 bits per heavy atom. The number of nitrogens with two attached hydrogens (primary N) is 1. The van der Waals surface area contributed by atoms with Crippen molar-refractivity contribution in [3.8, 4) is 0 Å². The summed E-state index contributed by atoms with van der Waals surface area (Å²) in [6, 6.07) is 5.08. The minimum absolute atomic E-state index is 0.370. The van der Waals surface area contributed by atoms with Crippen molar-refractivity contribution in [1.82, 2.24) is 10.2 Å². The van der Waals surface area contributed by atoms with E-state index in [2.05, 4.69) is 5.32 Å². The second-order valence-corrected chi connectivity index (χ2v) is 3.61. The molecule has 0 atom stereocenters. The number of anilines is 1. The van der Waals surface area contributed by atoms with Crippen LogP contribution in [0.5, 0.6) is 0 Å². The molecule has 0 heterocycles. The van der Waals surface area contributed by atoms with Gasteiger partial charge in [0.2, 0.25) is 6.41 Å². The normalized spacial score (nSPS) is 9.62. The molecule has 0 aliphatic heterocycles. The summed E-state index contributed by atoms with van der Waals surface area (Å²) >= 11 is 0. The molecular weight excluding hydrogens is 206 g/mol. The van der Waals surface area contributed by atoms with Crippen LogP contribution in [0.1, 0.15) is 11.1 Å². The molecule has 0 saturated carbocycles. The summed E-state index contributed by atoms with van der Waals surface area (Å²) < 4.78 is 0. The van der Waals surface area contributed by atoms with Gasteiger partial charge in [0.15, 0.2) is 0 Å². The number of hydrogen-bond donors (Lipinski definition) is 2. The summed E-state index contributed by atoms with van der Waals surface area (Å²) in [6.07, 6.45) is 0.370. The monoisotopic (exact) mass is 221 g/mol. The van der Waals surface area contributed by atoms with Crippen LogP contribution in [0.25, 0.3) is 0 Å². The number of carbonyl (C=O) groups excluding carboxylic acids is 2. The Morgan fingerprint density at radius 2 is 2.25 bits per heavy atom. The van der Waals surface area contributed by atoms with E-state index in [0.29, 0.717) is 18.6 Å². The van der Waals surface area contributed by atoms with Crippen LogP contribution in [0.4, 0.5) is 10.5 Å². The largest absolute Gasteiger partial charge is 0.399 e. The van der Waals surface area contributed by atoms with Gasteiger partial charge in [0.05, 0.1) is 0 Å². The topological polar surface area (TPSA) is 75.4 Å². The van der Waals surface area contributed by atoms with E-state index in [9.17, 15) is 9.59 Å². The summed E-state index contributed by atoms with van der Waals surface area (Å²) in [5, 5.41) is 2.08. The fraction of sp³-hybridized carbons (Fsp3) is 0.273. The fourth-order valence-electron chi connectivity index (χ4n) is 1.38. The van der Waals surface area contributed by atoms with Crippen molar-refractivity contribution in [3.63, 3.8) is 0 Å². The molecule has 0 aliphatic rings. The number of rotatable bonds is 3. The average molecular weight is 221 g/mol. The van der Waals surface area contributed by atoms with Crippen molar-refractivity contribution in [1.29, 1.82) is 0 Å². The summed E-state index contributed by atoms with van der Waals surface area (Å²) in [5.74, 6) is 0. The summed E-state index contributed by atoms with van der Waals surface area (Å²) in [5.41, 5.74) is 8.34. The third-order valence-electron chi connectivity index (χ3n) is 2.30. The zero-order valence-electron chi connectivity index (χ0n) is 9.36. The summed E-state index contributed by atoms with van der Waals surface area (Å²) in [4.78, 5) is 22.8. The van der Waals surface area contributed by atoms with E-state index in [-0.39, 0.29) is 0 Å². The maximum absolute atomic E-state index is 11.3. The highest BCUT2D eigenvalue weighted by Crippen LogP contribution is 2.13. The van der Waals surface area contributed by atoms with Crippen molar-refractivity contribution in [3.05, 3.63) is 29.3 Å². The molecule has 86 valence electrons. The van der Waals surface area contributed by atoms with Crippen LogP contribution in [-0.2, 0) is 11.3 Å². The van der Waals surface area contributed by atoms with E-state index in [1.54, 1.807) is 13.1 Å². The zero-order valence-corrected chi connectivity index (χ0v) is 9.36. The number of imide groups is 1. The highest BCUT2D eigenvalue weighted by atomic mass is 16.2. The first-order valence-electron chi connectivity index (χ1n) is 4.85. The van der Waals surface area contributed by atoms with Gasteiger partial charge in [-0.25, -0.2) is 4.79 Å². The van der Waals surface area contributed by atoms with Crippen molar-refractivity contribution >= 4 is 18.1 Å². The van der Waals surface area contributed by atoms with Crippen LogP contribution < -0.4 is 11.1 Å². The van der Waals surface area contributed by atoms with E-state index in [0.717, 1.165) is 11.1 Å².